The zero-order valence-corrected chi connectivity index (χ0v) is 13.2. The van der Waals surface area contributed by atoms with Crippen molar-refractivity contribution in [2.24, 2.45) is 5.73 Å². The monoisotopic (exact) mass is 317 g/mol. The molecule has 2 heterocycles. The number of benzene rings is 1. The van der Waals surface area contributed by atoms with E-state index >= 15 is 0 Å². The third-order valence-corrected chi connectivity index (χ3v) is 4.84. The van der Waals surface area contributed by atoms with Crippen LogP contribution < -0.4 is 11.1 Å². The smallest absolute Gasteiger partial charge is 0.248 e. The highest BCUT2D eigenvalue weighted by Gasteiger charge is 2.38. The van der Waals surface area contributed by atoms with Gasteiger partial charge in [-0.15, -0.1) is 0 Å². The Hall–Kier alpha value is -1.92. The highest BCUT2D eigenvalue weighted by Crippen LogP contribution is 2.27. The number of primary amides is 1. The van der Waals surface area contributed by atoms with Crippen molar-refractivity contribution in [2.45, 2.75) is 24.9 Å². The van der Waals surface area contributed by atoms with Crippen molar-refractivity contribution in [1.82, 2.24) is 10.2 Å². The first kappa shape index (κ1) is 16.0. The van der Waals surface area contributed by atoms with Gasteiger partial charge >= 0.3 is 0 Å². The lowest BCUT2D eigenvalue weighted by Crippen LogP contribution is -2.57. The number of likely N-dealkylation sites (tertiary alicyclic amines) is 1. The van der Waals surface area contributed by atoms with Crippen molar-refractivity contribution in [3.63, 3.8) is 0 Å². The summed E-state index contributed by atoms with van der Waals surface area (Å²) in [5.74, 6) is -0.407. The lowest BCUT2D eigenvalue weighted by molar-refractivity contribution is -0.150. The van der Waals surface area contributed by atoms with E-state index < -0.39 is 5.91 Å². The molecule has 2 amide bonds. The minimum atomic E-state index is -0.391. The topological polar surface area (TPSA) is 84.7 Å². The second-order valence-corrected chi connectivity index (χ2v) is 6.40. The molecule has 1 aromatic rings. The summed E-state index contributed by atoms with van der Waals surface area (Å²) in [4.78, 5) is 24.7. The zero-order valence-electron chi connectivity index (χ0n) is 13.2. The van der Waals surface area contributed by atoms with Crippen molar-refractivity contribution in [3.05, 3.63) is 35.4 Å². The first-order chi connectivity index (χ1) is 11.1. The molecule has 0 unspecified atom stereocenters. The van der Waals surface area contributed by atoms with Crippen LogP contribution in [0.3, 0.4) is 0 Å². The normalized spacial score (nSPS) is 21.1. The maximum absolute atomic E-state index is 11.2. The quantitative estimate of drug-likeness (QED) is 0.837. The number of rotatable bonds is 4. The average molecular weight is 317 g/mol. The Bertz CT molecular complexity index is 565. The molecule has 2 aliphatic heterocycles. The molecule has 0 aromatic heterocycles. The summed E-state index contributed by atoms with van der Waals surface area (Å²) in [7, 11) is 0. The van der Waals surface area contributed by atoms with E-state index in [1.807, 2.05) is 12.1 Å². The Labute approximate surface area is 136 Å². The highest BCUT2D eigenvalue weighted by molar-refractivity contribution is 5.92. The Morgan fingerprint density at radius 1 is 1.26 bits per heavy atom. The summed E-state index contributed by atoms with van der Waals surface area (Å²) in [6.45, 7) is 3.77. The van der Waals surface area contributed by atoms with Gasteiger partial charge in [0.1, 0.15) is 6.61 Å². The van der Waals surface area contributed by atoms with E-state index in [2.05, 4.69) is 10.2 Å². The van der Waals surface area contributed by atoms with E-state index in [4.69, 9.17) is 10.5 Å². The second kappa shape index (κ2) is 6.68. The van der Waals surface area contributed by atoms with Crippen LogP contribution in [0.5, 0.6) is 0 Å². The van der Waals surface area contributed by atoms with Crippen molar-refractivity contribution in [1.29, 1.82) is 0 Å². The van der Waals surface area contributed by atoms with E-state index in [1.54, 1.807) is 12.1 Å². The molecule has 2 fully saturated rings. The number of piperidine rings is 1. The fourth-order valence-corrected chi connectivity index (χ4v) is 3.21. The minimum Gasteiger partial charge on any atom is -0.366 e. The molecule has 23 heavy (non-hydrogen) atoms. The average Bonchev–Trinajstić information content (AvgIpc) is 2.58. The molecule has 3 rings (SSSR count). The molecular formula is C17H23N3O3. The van der Waals surface area contributed by atoms with Crippen LogP contribution in [0.15, 0.2) is 24.3 Å². The summed E-state index contributed by atoms with van der Waals surface area (Å²) >= 11 is 0. The van der Waals surface area contributed by atoms with Gasteiger partial charge in [0, 0.05) is 31.7 Å². The molecule has 0 aliphatic carbocycles. The molecule has 6 heteroatoms. The lowest BCUT2D eigenvalue weighted by Gasteiger charge is -2.43. The van der Waals surface area contributed by atoms with Crippen molar-refractivity contribution in [2.75, 3.05) is 32.8 Å². The van der Waals surface area contributed by atoms with Crippen LogP contribution in [-0.2, 0) is 16.0 Å². The lowest BCUT2D eigenvalue weighted by atomic mass is 9.90. The summed E-state index contributed by atoms with van der Waals surface area (Å²) in [6, 6.07) is 7.49. The Balaban J connectivity index is 1.45. The highest BCUT2D eigenvalue weighted by atomic mass is 16.5. The van der Waals surface area contributed by atoms with Gasteiger partial charge in [-0.1, -0.05) is 12.1 Å². The second-order valence-electron chi connectivity index (χ2n) is 6.40. The number of nitrogens with two attached hydrogens (primary N) is 1. The van der Waals surface area contributed by atoms with Crippen molar-refractivity contribution in [3.8, 4) is 0 Å². The molecule has 0 bridgehead atoms. The van der Waals surface area contributed by atoms with Crippen LogP contribution >= 0.6 is 0 Å². The molecule has 3 N–H and O–H groups in total. The van der Waals surface area contributed by atoms with Gasteiger partial charge in [-0.3, -0.25) is 9.59 Å². The minimum absolute atomic E-state index is 0.0162. The summed E-state index contributed by atoms with van der Waals surface area (Å²) < 4.78 is 5.78. The third-order valence-electron chi connectivity index (χ3n) is 4.84. The van der Waals surface area contributed by atoms with Gasteiger partial charge in [-0.05, 0) is 37.0 Å². The Kier molecular flexibility index (Phi) is 4.63. The number of nitrogens with zero attached hydrogens (tertiary/aromatic N) is 1. The number of hydrogen-bond donors (Lipinski definition) is 2. The molecule has 0 atom stereocenters. The van der Waals surface area contributed by atoms with Crippen molar-refractivity contribution >= 4 is 11.8 Å². The fraction of sp³-hybridized carbons (Fsp3) is 0.529. The van der Waals surface area contributed by atoms with Gasteiger partial charge in [0.05, 0.1) is 5.60 Å². The molecule has 1 aromatic carbocycles. The largest absolute Gasteiger partial charge is 0.366 e. The Morgan fingerprint density at radius 2 is 1.96 bits per heavy atom. The van der Waals surface area contributed by atoms with Crippen LogP contribution in [-0.4, -0.2) is 55.1 Å². The van der Waals surface area contributed by atoms with Gasteiger partial charge in [0.25, 0.3) is 0 Å². The number of nitrogens with one attached hydrogen (secondary N) is 1. The molecule has 0 saturated carbocycles. The molecule has 2 aliphatic rings. The first-order valence-electron chi connectivity index (χ1n) is 8.08. The van der Waals surface area contributed by atoms with Gasteiger partial charge in [-0.2, -0.15) is 0 Å². The van der Waals surface area contributed by atoms with E-state index in [1.165, 1.54) is 5.56 Å². The van der Waals surface area contributed by atoms with E-state index in [0.29, 0.717) is 12.1 Å². The summed E-state index contributed by atoms with van der Waals surface area (Å²) in [5.41, 5.74) is 6.84. The number of morpholine rings is 1. The van der Waals surface area contributed by atoms with Gasteiger partial charge in [0.15, 0.2) is 0 Å². The number of amides is 2. The summed E-state index contributed by atoms with van der Waals surface area (Å²) in [5, 5.41) is 2.91. The number of carbonyl (C=O) groups excluding carboxylic acids is 2. The maximum atomic E-state index is 11.2. The van der Waals surface area contributed by atoms with Crippen molar-refractivity contribution < 1.29 is 14.3 Å². The van der Waals surface area contributed by atoms with Crippen LogP contribution in [0.4, 0.5) is 0 Å². The molecule has 0 radical (unpaired) electrons. The van der Waals surface area contributed by atoms with E-state index in [9.17, 15) is 9.59 Å². The molecule has 2 saturated heterocycles. The predicted molar refractivity (Wildman–Crippen MR) is 86.0 cm³/mol. The predicted octanol–water partition coefficient (Wildman–Crippen LogP) is 0.309. The van der Waals surface area contributed by atoms with Gasteiger partial charge < -0.3 is 20.7 Å². The molecule has 6 nitrogen and oxygen atoms in total. The number of carbonyl (C=O) groups is 2. The maximum Gasteiger partial charge on any atom is 0.248 e. The molecular weight excluding hydrogens is 294 g/mol. The molecule has 1 spiro atoms. The van der Waals surface area contributed by atoms with Gasteiger partial charge in [0.2, 0.25) is 11.8 Å². The van der Waals surface area contributed by atoms with E-state index in [-0.39, 0.29) is 18.1 Å². The van der Waals surface area contributed by atoms with Crippen LogP contribution in [0.2, 0.25) is 0 Å². The van der Waals surface area contributed by atoms with Gasteiger partial charge in [-0.25, -0.2) is 0 Å². The number of hydrogen-bond acceptors (Lipinski definition) is 4. The molecule has 124 valence electrons. The Morgan fingerprint density at radius 3 is 2.52 bits per heavy atom. The summed E-state index contributed by atoms with van der Waals surface area (Å²) in [6.07, 6.45) is 2.85. The first-order valence-corrected chi connectivity index (χ1v) is 8.08. The SMILES string of the molecule is NC(=O)c1ccc(CCN2CCC3(CC2)CNC(=O)CO3)cc1. The number of ether oxygens (including phenoxy) is 1. The third kappa shape index (κ3) is 3.89. The standard InChI is InChI=1S/C17H23N3O3/c18-16(22)14-3-1-13(2-4-14)5-8-20-9-6-17(7-10-20)12-19-15(21)11-23-17/h1-4H,5-12H2,(H2,18,22)(H,19,21). The zero-order chi connectivity index (χ0) is 16.3. The van der Waals surface area contributed by atoms with Crippen LogP contribution in [0.1, 0.15) is 28.8 Å². The van der Waals surface area contributed by atoms with E-state index in [0.717, 1.165) is 38.9 Å². The van der Waals surface area contributed by atoms with Crippen LogP contribution in [0, 0.1) is 0 Å². The van der Waals surface area contributed by atoms with Crippen LogP contribution in [0.25, 0.3) is 0 Å². The fourth-order valence-electron chi connectivity index (χ4n) is 3.21.